The number of aliphatic carboxylic acids is 2. The Morgan fingerprint density at radius 1 is 0.878 bits per heavy atom. The Hall–Kier alpha value is -4.84. The Morgan fingerprint density at radius 2 is 1.51 bits per heavy atom. The number of carbonyl (C=O) groups is 3. The summed E-state index contributed by atoms with van der Waals surface area (Å²) in [4.78, 5) is 41.7. The van der Waals surface area contributed by atoms with E-state index in [1.807, 2.05) is 30.3 Å². The molecule has 2 aliphatic rings. The molecule has 0 atom stereocenters. The molecule has 6 bridgehead atoms. The number of halogens is 7. The van der Waals surface area contributed by atoms with Crippen LogP contribution in [0.3, 0.4) is 0 Å². The number of fused-ring (bicyclic) bond motifs is 6. The molecule has 12 nitrogen and oxygen atoms in total. The van der Waals surface area contributed by atoms with Gasteiger partial charge in [-0.05, 0) is 80.2 Å². The molecule has 3 heterocycles. The van der Waals surface area contributed by atoms with Gasteiger partial charge in [0.05, 0.1) is 6.20 Å². The van der Waals surface area contributed by atoms with Crippen LogP contribution in [-0.4, -0.2) is 81.6 Å². The van der Waals surface area contributed by atoms with Crippen LogP contribution in [0.5, 0.6) is 0 Å². The molecular formula is C30H32ClF6N7O5. The average Bonchev–Trinajstić information content (AvgIpc) is 3.03. The lowest BCUT2D eigenvalue weighted by Crippen LogP contribution is -2.39. The zero-order chi connectivity index (χ0) is 36.2. The maximum absolute atomic E-state index is 12.7. The van der Waals surface area contributed by atoms with Crippen LogP contribution in [0, 0.1) is 0 Å². The Kier molecular flexibility index (Phi) is 13.8. The topological polar surface area (TPSA) is 169 Å². The average molecular weight is 720 g/mol. The normalized spacial score (nSPS) is 14.3. The summed E-state index contributed by atoms with van der Waals surface area (Å²) in [6.45, 7) is 3.76. The highest BCUT2D eigenvalue weighted by molar-refractivity contribution is 6.32. The van der Waals surface area contributed by atoms with Crippen molar-refractivity contribution in [3.63, 3.8) is 0 Å². The van der Waals surface area contributed by atoms with Gasteiger partial charge < -0.3 is 36.4 Å². The molecule has 266 valence electrons. The number of likely N-dealkylation sites (tertiary alicyclic amines) is 1. The van der Waals surface area contributed by atoms with Crippen molar-refractivity contribution < 1.29 is 50.9 Å². The Bertz CT molecular complexity index is 1580. The number of urea groups is 1. The summed E-state index contributed by atoms with van der Waals surface area (Å²) < 4.78 is 63.5. The number of aromatic nitrogens is 2. The number of rotatable bonds is 4. The van der Waals surface area contributed by atoms with E-state index in [-0.39, 0.29) is 6.03 Å². The predicted molar refractivity (Wildman–Crippen MR) is 169 cm³/mol. The number of nitrogens with zero attached hydrogens (tertiary/aromatic N) is 3. The summed E-state index contributed by atoms with van der Waals surface area (Å²) in [5.41, 5.74) is 4.76. The first-order valence-corrected chi connectivity index (χ1v) is 15.0. The fraction of sp³-hybridized carbons (Fsp3) is 0.367. The van der Waals surface area contributed by atoms with Gasteiger partial charge in [-0.2, -0.15) is 31.3 Å². The van der Waals surface area contributed by atoms with Crippen molar-refractivity contribution in [2.24, 2.45) is 0 Å². The first-order valence-electron chi connectivity index (χ1n) is 14.7. The van der Waals surface area contributed by atoms with E-state index in [1.165, 1.54) is 24.8 Å². The van der Waals surface area contributed by atoms with Crippen LogP contribution in [0.1, 0.15) is 30.4 Å². The Morgan fingerprint density at radius 3 is 2.14 bits per heavy atom. The highest BCUT2D eigenvalue weighted by atomic mass is 35.5. The van der Waals surface area contributed by atoms with Gasteiger partial charge in [0.2, 0.25) is 5.95 Å². The molecular weight excluding hydrogens is 688 g/mol. The molecule has 0 aliphatic carbocycles. The third kappa shape index (κ3) is 13.3. The number of hydrogen-bond acceptors (Lipinski definition) is 8. The number of amides is 2. The van der Waals surface area contributed by atoms with E-state index in [0.717, 1.165) is 55.1 Å². The fourth-order valence-electron chi connectivity index (χ4n) is 4.54. The summed E-state index contributed by atoms with van der Waals surface area (Å²) in [6.07, 6.45) is -3.20. The number of carboxylic acid groups (broad SMARTS) is 2. The monoisotopic (exact) mass is 719 g/mol. The van der Waals surface area contributed by atoms with Crippen LogP contribution in [0.25, 0.3) is 0 Å². The second-order valence-corrected chi connectivity index (χ2v) is 11.0. The van der Waals surface area contributed by atoms with Gasteiger partial charge in [0.15, 0.2) is 5.82 Å². The lowest BCUT2D eigenvalue weighted by molar-refractivity contribution is -0.193. The number of carbonyl (C=O) groups excluding carboxylic acids is 1. The first-order chi connectivity index (χ1) is 23.0. The van der Waals surface area contributed by atoms with E-state index < -0.39 is 24.3 Å². The molecule has 2 aromatic carbocycles. The molecule has 3 aromatic rings. The van der Waals surface area contributed by atoms with Gasteiger partial charge in [0.1, 0.15) is 5.02 Å². The molecule has 1 fully saturated rings. The largest absolute Gasteiger partial charge is 0.490 e. The number of anilines is 5. The number of carboxylic acids is 2. The quantitative estimate of drug-likeness (QED) is 0.162. The third-order valence-corrected chi connectivity index (χ3v) is 7.15. The molecule has 0 unspecified atom stereocenters. The number of nitrogens with one attached hydrogen (secondary N) is 4. The standard InChI is InChI=1S/C26H30ClN7O.2C2HF3O2/c27-22-17-29-25-31-20-6-4-5-18(15-20)7-8-19-16-21(30-24(22)33-25)9-10-23(19)32-26(35)28-11-14-34-12-2-1-3-13-34;2*3-2(4,5)1(6)7/h4-6,9-10,15-17H,1-3,7-8,11-14H2,(H2,28,32,35)(H2,29,30,31,33);2*(H,6,7). The van der Waals surface area contributed by atoms with Crippen LogP contribution in [0.15, 0.2) is 48.7 Å². The van der Waals surface area contributed by atoms with Crippen LogP contribution in [-0.2, 0) is 22.4 Å². The number of piperidine rings is 1. The van der Waals surface area contributed by atoms with E-state index in [9.17, 15) is 31.1 Å². The van der Waals surface area contributed by atoms with Crippen molar-refractivity contribution in [3.8, 4) is 0 Å². The zero-order valence-electron chi connectivity index (χ0n) is 25.6. The smallest absolute Gasteiger partial charge is 0.475 e. The highest BCUT2D eigenvalue weighted by Gasteiger charge is 2.38. The molecule has 6 N–H and O–H groups in total. The number of alkyl halides is 6. The lowest BCUT2D eigenvalue weighted by atomic mass is 10.0. The molecule has 2 aliphatic heterocycles. The second-order valence-electron chi connectivity index (χ2n) is 10.6. The summed E-state index contributed by atoms with van der Waals surface area (Å²) in [7, 11) is 0. The van der Waals surface area contributed by atoms with Gasteiger partial charge in [0.25, 0.3) is 0 Å². The third-order valence-electron chi connectivity index (χ3n) is 6.87. The van der Waals surface area contributed by atoms with Crippen molar-refractivity contribution in [1.29, 1.82) is 0 Å². The molecule has 19 heteroatoms. The van der Waals surface area contributed by atoms with E-state index in [4.69, 9.17) is 31.4 Å². The van der Waals surface area contributed by atoms with Gasteiger partial charge in [-0.1, -0.05) is 30.2 Å². The van der Waals surface area contributed by atoms with Crippen LogP contribution < -0.4 is 21.3 Å². The van der Waals surface area contributed by atoms with E-state index in [0.29, 0.717) is 23.3 Å². The van der Waals surface area contributed by atoms with Crippen molar-refractivity contribution >= 4 is 58.4 Å². The fourth-order valence-corrected chi connectivity index (χ4v) is 4.68. The van der Waals surface area contributed by atoms with Crippen molar-refractivity contribution in [3.05, 3.63) is 64.8 Å². The molecule has 0 radical (unpaired) electrons. The van der Waals surface area contributed by atoms with Gasteiger partial charge >= 0.3 is 30.3 Å². The van der Waals surface area contributed by atoms with Gasteiger partial charge in [-0.15, -0.1) is 0 Å². The molecule has 2 amide bonds. The summed E-state index contributed by atoms with van der Waals surface area (Å²) in [5, 5.41) is 27.3. The summed E-state index contributed by atoms with van der Waals surface area (Å²) in [5.74, 6) is -4.53. The Labute approximate surface area is 280 Å². The van der Waals surface area contributed by atoms with Crippen molar-refractivity contribution in [2.45, 2.75) is 44.5 Å². The lowest BCUT2D eigenvalue weighted by Gasteiger charge is -2.26. The number of aryl methyl sites for hydroxylation is 2. The van der Waals surface area contributed by atoms with Crippen LogP contribution >= 0.6 is 11.6 Å². The molecule has 1 aromatic heterocycles. The summed E-state index contributed by atoms with van der Waals surface area (Å²) >= 11 is 6.35. The van der Waals surface area contributed by atoms with E-state index in [1.54, 1.807) is 6.20 Å². The molecule has 5 rings (SSSR count). The minimum Gasteiger partial charge on any atom is -0.475 e. The second kappa shape index (κ2) is 17.5. The van der Waals surface area contributed by atoms with Gasteiger partial charge in [0, 0.05) is 30.2 Å². The number of hydrogen-bond donors (Lipinski definition) is 6. The minimum atomic E-state index is -5.08. The van der Waals surface area contributed by atoms with Crippen molar-refractivity contribution in [2.75, 3.05) is 42.1 Å². The van der Waals surface area contributed by atoms with Crippen LogP contribution in [0.4, 0.5) is 60.0 Å². The van der Waals surface area contributed by atoms with Crippen molar-refractivity contribution in [1.82, 2.24) is 20.2 Å². The van der Waals surface area contributed by atoms with Gasteiger partial charge in [-0.3, -0.25) is 0 Å². The Balaban J connectivity index is 0.000000392. The maximum atomic E-state index is 12.7. The minimum absolute atomic E-state index is 0.184. The molecule has 0 saturated carbocycles. The summed E-state index contributed by atoms with van der Waals surface area (Å²) in [6, 6.07) is 13.9. The predicted octanol–water partition coefficient (Wildman–Crippen LogP) is 6.59. The molecule has 1 saturated heterocycles. The number of benzene rings is 2. The molecule has 0 spiro atoms. The zero-order valence-corrected chi connectivity index (χ0v) is 26.3. The SMILES string of the molecule is O=C(NCCN1CCCCC1)Nc1ccc2cc1CCc1cccc(c1)Nc1ncc(Cl)c(n1)N2.O=C(O)C(F)(F)F.O=C(O)C(F)(F)F. The van der Waals surface area contributed by atoms with E-state index >= 15 is 0 Å². The highest BCUT2D eigenvalue weighted by Crippen LogP contribution is 2.29. The molecule has 49 heavy (non-hydrogen) atoms. The maximum Gasteiger partial charge on any atom is 0.490 e. The van der Waals surface area contributed by atoms with Gasteiger partial charge in [-0.25, -0.2) is 19.4 Å². The first kappa shape index (κ1) is 38.6. The van der Waals surface area contributed by atoms with E-state index in [2.05, 4.69) is 48.3 Å². The van der Waals surface area contributed by atoms with Crippen LogP contribution in [0.2, 0.25) is 5.02 Å².